The lowest BCUT2D eigenvalue weighted by atomic mass is 9.99. The molecule has 0 aliphatic carbocycles. The number of nitrogens with zero attached hydrogens (tertiary/aromatic N) is 2. The van der Waals surface area contributed by atoms with Gasteiger partial charge >= 0.3 is 6.18 Å². The highest BCUT2D eigenvalue weighted by molar-refractivity contribution is 5.93. The first-order valence-electron chi connectivity index (χ1n) is 6.03. The van der Waals surface area contributed by atoms with Crippen molar-refractivity contribution in [2.75, 3.05) is 13.1 Å². The molecule has 1 fully saturated rings. The van der Waals surface area contributed by atoms with Gasteiger partial charge in [-0.25, -0.2) is 4.98 Å². The molecule has 106 valence electrons. The van der Waals surface area contributed by atoms with Crippen molar-refractivity contribution in [1.29, 1.82) is 0 Å². The quantitative estimate of drug-likeness (QED) is 0.834. The lowest BCUT2D eigenvalue weighted by Gasteiger charge is -2.39. The van der Waals surface area contributed by atoms with E-state index < -0.39 is 18.0 Å². The van der Waals surface area contributed by atoms with E-state index in [9.17, 15) is 18.0 Å². The monoisotopic (exact) mass is 276 g/mol. The summed E-state index contributed by atoms with van der Waals surface area (Å²) in [6, 6.07) is 0. The number of hydrogen-bond donors (Lipinski definition) is 0. The molecule has 2 heterocycles. The van der Waals surface area contributed by atoms with Gasteiger partial charge in [-0.05, 0) is 6.92 Å². The van der Waals surface area contributed by atoms with E-state index in [0.717, 1.165) is 4.90 Å². The lowest BCUT2D eigenvalue weighted by Crippen LogP contribution is -2.55. The number of alkyl halides is 3. The first-order valence-corrected chi connectivity index (χ1v) is 6.03. The first-order chi connectivity index (χ1) is 8.70. The third-order valence-corrected chi connectivity index (χ3v) is 3.14. The minimum absolute atomic E-state index is 0.0274. The van der Waals surface area contributed by atoms with Gasteiger partial charge in [0.15, 0.2) is 11.6 Å². The van der Waals surface area contributed by atoms with Gasteiger partial charge in [-0.2, -0.15) is 13.2 Å². The van der Waals surface area contributed by atoms with Crippen LogP contribution in [-0.2, 0) is 0 Å². The van der Waals surface area contributed by atoms with E-state index in [1.165, 1.54) is 0 Å². The predicted octanol–water partition coefficient (Wildman–Crippen LogP) is 2.74. The molecule has 1 saturated heterocycles. The summed E-state index contributed by atoms with van der Waals surface area (Å²) in [4.78, 5) is 17.2. The molecular weight excluding hydrogens is 261 g/mol. The minimum Gasteiger partial charge on any atom is -0.445 e. The fourth-order valence-electron chi connectivity index (χ4n) is 1.86. The number of likely N-dealkylation sites (tertiary alicyclic amines) is 1. The summed E-state index contributed by atoms with van der Waals surface area (Å²) in [6.07, 6.45) is -4.24. The number of oxazole rings is 1. The van der Waals surface area contributed by atoms with Crippen molar-refractivity contribution >= 4 is 5.91 Å². The van der Waals surface area contributed by atoms with E-state index in [-0.39, 0.29) is 24.7 Å². The Kier molecular flexibility index (Phi) is 3.32. The molecule has 1 aromatic rings. The molecule has 0 spiro atoms. The summed E-state index contributed by atoms with van der Waals surface area (Å²) in [5.41, 5.74) is 0.115. The first kappa shape index (κ1) is 13.9. The topological polar surface area (TPSA) is 46.3 Å². The average molecular weight is 276 g/mol. The minimum atomic E-state index is -4.24. The van der Waals surface area contributed by atoms with Crippen LogP contribution in [0.15, 0.2) is 4.42 Å². The number of rotatable bonds is 2. The SMILES string of the molecule is Cc1oc(C(C)C)nc1C(=O)N1CC(C(F)(F)F)C1. The Hall–Kier alpha value is -1.53. The van der Waals surface area contributed by atoms with Crippen LogP contribution >= 0.6 is 0 Å². The number of carbonyl (C=O) groups excluding carboxylic acids is 1. The molecule has 1 aromatic heterocycles. The van der Waals surface area contributed by atoms with Crippen molar-refractivity contribution in [3.8, 4) is 0 Å². The second kappa shape index (κ2) is 4.54. The van der Waals surface area contributed by atoms with E-state index in [2.05, 4.69) is 4.98 Å². The Morgan fingerprint density at radius 1 is 1.42 bits per heavy atom. The third-order valence-electron chi connectivity index (χ3n) is 3.14. The van der Waals surface area contributed by atoms with Gasteiger partial charge in [-0.1, -0.05) is 13.8 Å². The highest BCUT2D eigenvalue weighted by Gasteiger charge is 2.49. The molecule has 4 nitrogen and oxygen atoms in total. The molecule has 0 saturated carbocycles. The van der Waals surface area contributed by atoms with Crippen LogP contribution in [0.3, 0.4) is 0 Å². The number of carbonyl (C=O) groups is 1. The maximum Gasteiger partial charge on any atom is 0.395 e. The Morgan fingerprint density at radius 2 is 2.00 bits per heavy atom. The van der Waals surface area contributed by atoms with Gasteiger partial charge in [0.2, 0.25) is 0 Å². The van der Waals surface area contributed by atoms with Gasteiger partial charge in [0.1, 0.15) is 5.76 Å². The molecule has 19 heavy (non-hydrogen) atoms. The summed E-state index contributed by atoms with van der Waals surface area (Å²) in [6.45, 7) is 4.72. The molecule has 1 aliphatic rings. The van der Waals surface area contributed by atoms with Crippen molar-refractivity contribution in [3.05, 3.63) is 17.3 Å². The largest absolute Gasteiger partial charge is 0.445 e. The summed E-state index contributed by atoms with van der Waals surface area (Å²) >= 11 is 0. The molecule has 0 bridgehead atoms. The van der Waals surface area contributed by atoms with Gasteiger partial charge in [0.05, 0.1) is 5.92 Å². The molecule has 1 amide bonds. The van der Waals surface area contributed by atoms with Crippen molar-refractivity contribution in [2.24, 2.45) is 5.92 Å². The fraction of sp³-hybridized carbons (Fsp3) is 0.667. The zero-order chi connectivity index (χ0) is 14.4. The lowest BCUT2D eigenvalue weighted by molar-refractivity contribution is -0.202. The second-order valence-electron chi connectivity index (χ2n) is 5.06. The van der Waals surface area contributed by atoms with Crippen LogP contribution in [0.5, 0.6) is 0 Å². The number of amides is 1. The number of halogens is 3. The second-order valence-corrected chi connectivity index (χ2v) is 5.06. The van der Waals surface area contributed by atoms with Crippen LogP contribution in [0.4, 0.5) is 13.2 Å². The van der Waals surface area contributed by atoms with Gasteiger partial charge in [0.25, 0.3) is 5.91 Å². The highest BCUT2D eigenvalue weighted by atomic mass is 19.4. The van der Waals surface area contributed by atoms with Crippen LogP contribution < -0.4 is 0 Å². The molecule has 2 rings (SSSR count). The van der Waals surface area contributed by atoms with Gasteiger partial charge in [-0.15, -0.1) is 0 Å². The van der Waals surface area contributed by atoms with Crippen LogP contribution in [0.25, 0.3) is 0 Å². The Balaban J connectivity index is 2.06. The van der Waals surface area contributed by atoms with Crippen molar-refractivity contribution < 1.29 is 22.4 Å². The molecule has 1 aliphatic heterocycles. The molecule has 0 radical (unpaired) electrons. The van der Waals surface area contributed by atoms with Crippen LogP contribution in [-0.4, -0.2) is 35.1 Å². The Bertz CT molecular complexity index is 488. The normalized spacial score (nSPS) is 16.9. The van der Waals surface area contributed by atoms with Crippen LogP contribution in [0.2, 0.25) is 0 Å². The predicted molar refractivity (Wildman–Crippen MR) is 60.8 cm³/mol. The summed E-state index contributed by atoms with van der Waals surface area (Å²) in [5.74, 6) is -1.11. The molecule has 0 unspecified atom stereocenters. The molecule has 0 aromatic carbocycles. The van der Waals surface area contributed by atoms with E-state index in [0.29, 0.717) is 11.7 Å². The maximum absolute atomic E-state index is 12.4. The van der Waals surface area contributed by atoms with E-state index >= 15 is 0 Å². The van der Waals surface area contributed by atoms with Crippen molar-refractivity contribution in [1.82, 2.24) is 9.88 Å². The zero-order valence-electron chi connectivity index (χ0n) is 10.9. The molecule has 0 atom stereocenters. The average Bonchev–Trinajstić information content (AvgIpc) is 2.55. The molecule has 0 N–H and O–H groups in total. The Morgan fingerprint density at radius 3 is 2.42 bits per heavy atom. The third kappa shape index (κ3) is 2.59. The van der Waals surface area contributed by atoms with E-state index in [1.807, 2.05) is 13.8 Å². The van der Waals surface area contributed by atoms with Gasteiger partial charge in [-0.3, -0.25) is 4.79 Å². The summed E-state index contributed by atoms with van der Waals surface area (Å²) in [5, 5.41) is 0. The number of aryl methyl sites for hydroxylation is 1. The Labute approximate surface area is 108 Å². The van der Waals surface area contributed by atoms with Crippen LogP contribution in [0.1, 0.15) is 41.9 Å². The number of hydrogen-bond acceptors (Lipinski definition) is 3. The fourth-order valence-corrected chi connectivity index (χ4v) is 1.86. The zero-order valence-corrected chi connectivity index (χ0v) is 10.9. The highest BCUT2D eigenvalue weighted by Crippen LogP contribution is 2.34. The van der Waals surface area contributed by atoms with E-state index in [4.69, 9.17) is 4.42 Å². The van der Waals surface area contributed by atoms with Crippen molar-refractivity contribution in [2.45, 2.75) is 32.9 Å². The standard InChI is InChI=1S/C12H15F3N2O2/c1-6(2)10-16-9(7(3)19-10)11(18)17-4-8(5-17)12(13,14)15/h6,8H,4-5H2,1-3H3. The number of aromatic nitrogens is 1. The van der Waals surface area contributed by atoms with Gasteiger partial charge in [0, 0.05) is 19.0 Å². The van der Waals surface area contributed by atoms with Crippen LogP contribution in [0, 0.1) is 12.8 Å². The smallest absolute Gasteiger partial charge is 0.395 e. The summed E-state index contributed by atoms with van der Waals surface area (Å²) < 4.78 is 42.4. The van der Waals surface area contributed by atoms with Gasteiger partial charge < -0.3 is 9.32 Å². The molecular formula is C12H15F3N2O2. The molecule has 7 heteroatoms. The van der Waals surface area contributed by atoms with Crippen molar-refractivity contribution in [3.63, 3.8) is 0 Å². The summed E-state index contributed by atoms with van der Waals surface area (Å²) in [7, 11) is 0. The maximum atomic E-state index is 12.4. The van der Waals surface area contributed by atoms with E-state index in [1.54, 1.807) is 6.92 Å².